The van der Waals surface area contributed by atoms with Crippen LogP contribution in [0.2, 0.25) is 5.02 Å². The molecular weight excluding hydrogens is 670 g/mol. The maximum atomic E-state index is 11.7. The molecule has 12 heteroatoms. The van der Waals surface area contributed by atoms with Crippen LogP contribution in [-0.2, 0) is 40.4 Å². The summed E-state index contributed by atoms with van der Waals surface area (Å²) in [4.78, 5) is 30.6. The zero-order chi connectivity index (χ0) is 34.5. The first-order valence-electron chi connectivity index (χ1n) is 16.9. The van der Waals surface area contributed by atoms with E-state index in [2.05, 4.69) is 60.1 Å². The number of nitrogens with zero attached hydrogens (tertiary/aromatic N) is 7. The molecule has 3 aromatic heterocycles. The van der Waals surface area contributed by atoms with Gasteiger partial charge in [-0.15, -0.1) is 21.5 Å². The van der Waals surface area contributed by atoms with Gasteiger partial charge in [-0.2, -0.15) is 0 Å². The van der Waals surface area contributed by atoms with Crippen LogP contribution in [-0.4, -0.2) is 61.8 Å². The van der Waals surface area contributed by atoms with Crippen molar-refractivity contribution in [2.75, 3.05) is 19.8 Å². The molecule has 0 saturated carbocycles. The van der Waals surface area contributed by atoms with Crippen molar-refractivity contribution in [2.45, 2.75) is 59.2 Å². The zero-order valence-electron chi connectivity index (χ0n) is 28.1. The fraction of sp³-hybridized carbons (Fsp3) is 0.316. The molecule has 0 spiro atoms. The number of rotatable bonds is 12. The van der Waals surface area contributed by atoms with Gasteiger partial charge in [0.05, 0.1) is 12.3 Å². The van der Waals surface area contributed by atoms with Crippen molar-refractivity contribution >= 4 is 40.3 Å². The lowest BCUT2D eigenvalue weighted by Crippen LogP contribution is -2.30. The third kappa shape index (κ3) is 7.26. The van der Waals surface area contributed by atoms with E-state index in [-0.39, 0.29) is 5.97 Å². The van der Waals surface area contributed by atoms with Crippen molar-refractivity contribution in [3.05, 3.63) is 128 Å². The number of hydrogen-bond donors (Lipinski definition) is 0. The summed E-state index contributed by atoms with van der Waals surface area (Å²) in [7, 11) is 0. The SMILES string of the molecule is CCOC(=O)CCCCO/N=C(/c1cccnc1)c1cccc(CN2CCc3c(sc4c3C(c3ccccc3Cl)=NCc3nnc(C)n3-4)C2)c1. The number of esters is 1. The van der Waals surface area contributed by atoms with Crippen LogP contribution in [0, 0.1) is 6.92 Å². The Morgan fingerprint density at radius 3 is 2.78 bits per heavy atom. The van der Waals surface area contributed by atoms with Crippen molar-refractivity contribution in [1.82, 2.24) is 24.6 Å². The van der Waals surface area contributed by atoms with Crippen LogP contribution >= 0.6 is 22.9 Å². The standard InChI is InChI=1S/C38H38ClN7O3S/c1-3-48-34(47)15-6-7-19-49-44-36(28-12-9-17-40-21-28)27-11-8-10-26(20-27)23-45-18-16-30-32(24-45)50-38-35(30)37(29-13-4-5-14-31(29)39)41-22-33-43-42-25(2)46(33)38/h4-5,8-14,17,20-21H,3,6-7,15-16,18-19,22-24H2,1-2H3/b44-36+. The Kier molecular flexibility index (Phi) is 10.4. The maximum Gasteiger partial charge on any atom is 0.305 e. The van der Waals surface area contributed by atoms with E-state index in [1.165, 1.54) is 16.0 Å². The number of thiophene rings is 1. The first-order chi connectivity index (χ1) is 24.5. The molecule has 2 aliphatic heterocycles. The number of oxime groups is 1. The van der Waals surface area contributed by atoms with Gasteiger partial charge in [-0.3, -0.25) is 24.2 Å². The Morgan fingerprint density at radius 1 is 1.06 bits per heavy atom. The van der Waals surface area contributed by atoms with Gasteiger partial charge in [0.15, 0.2) is 5.82 Å². The molecule has 0 amide bonds. The average molecular weight is 708 g/mol. The Bertz CT molecular complexity index is 2060. The monoisotopic (exact) mass is 707 g/mol. The van der Waals surface area contributed by atoms with Crippen molar-refractivity contribution in [3.8, 4) is 5.00 Å². The van der Waals surface area contributed by atoms with Crippen LogP contribution in [0.4, 0.5) is 0 Å². The molecule has 0 radical (unpaired) electrons. The van der Waals surface area contributed by atoms with E-state index in [1.54, 1.807) is 23.7 Å². The second kappa shape index (κ2) is 15.5. The summed E-state index contributed by atoms with van der Waals surface area (Å²) >= 11 is 8.55. The number of fused-ring (bicyclic) bond motifs is 5. The number of ether oxygens (including phenoxy) is 1. The van der Waals surface area contributed by atoms with Crippen molar-refractivity contribution < 1.29 is 14.4 Å². The third-order valence-electron chi connectivity index (χ3n) is 8.83. The van der Waals surface area contributed by atoms with Crippen molar-refractivity contribution in [1.29, 1.82) is 0 Å². The minimum atomic E-state index is -0.182. The van der Waals surface area contributed by atoms with E-state index in [0.717, 1.165) is 76.4 Å². The number of pyridine rings is 1. The van der Waals surface area contributed by atoms with E-state index in [0.29, 0.717) is 44.0 Å². The molecular formula is C38H38ClN7O3S. The molecule has 2 aliphatic rings. The molecule has 0 fully saturated rings. The molecule has 0 N–H and O–H groups in total. The summed E-state index contributed by atoms with van der Waals surface area (Å²) in [5, 5.41) is 15.2. The molecule has 0 unspecified atom stereocenters. The molecule has 50 heavy (non-hydrogen) atoms. The van der Waals surface area contributed by atoms with Crippen LogP contribution < -0.4 is 0 Å². The second-order valence-corrected chi connectivity index (χ2v) is 13.8. The summed E-state index contributed by atoms with van der Waals surface area (Å²) in [6.07, 6.45) is 6.21. The van der Waals surface area contributed by atoms with Crippen LogP contribution in [0.5, 0.6) is 0 Å². The van der Waals surface area contributed by atoms with Gasteiger partial charge in [0.25, 0.3) is 0 Å². The molecule has 10 nitrogen and oxygen atoms in total. The zero-order valence-corrected chi connectivity index (χ0v) is 29.7. The third-order valence-corrected chi connectivity index (χ3v) is 10.4. The topological polar surface area (TPSA) is 107 Å². The van der Waals surface area contributed by atoms with E-state index in [4.69, 9.17) is 26.2 Å². The molecule has 5 aromatic rings. The van der Waals surface area contributed by atoms with Crippen LogP contribution in [0.1, 0.15) is 76.1 Å². The van der Waals surface area contributed by atoms with Gasteiger partial charge in [0, 0.05) is 70.6 Å². The molecule has 7 rings (SSSR count). The highest BCUT2D eigenvalue weighted by Crippen LogP contribution is 2.40. The Balaban J connectivity index is 1.11. The number of aryl methyl sites for hydroxylation is 1. The van der Waals surface area contributed by atoms with Gasteiger partial charge in [-0.1, -0.05) is 53.2 Å². The number of aliphatic imine (C=N–C) groups is 1. The minimum Gasteiger partial charge on any atom is -0.466 e. The predicted octanol–water partition coefficient (Wildman–Crippen LogP) is 7.10. The van der Waals surface area contributed by atoms with E-state index in [1.807, 2.05) is 44.2 Å². The van der Waals surface area contributed by atoms with Crippen molar-refractivity contribution in [2.24, 2.45) is 10.1 Å². The fourth-order valence-electron chi connectivity index (χ4n) is 6.48. The van der Waals surface area contributed by atoms with Crippen molar-refractivity contribution in [3.63, 3.8) is 0 Å². The normalized spacial score (nSPS) is 14.3. The summed E-state index contributed by atoms with van der Waals surface area (Å²) < 4.78 is 7.18. The van der Waals surface area contributed by atoms with Gasteiger partial charge in [-0.25, -0.2) is 0 Å². The number of aromatic nitrogens is 4. The summed E-state index contributed by atoms with van der Waals surface area (Å²) in [5.41, 5.74) is 8.10. The van der Waals surface area contributed by atoms with E-state index < -0.39 is 0 Å². The first-order valence-corrected chi connectivity index (χ1v) is 18.1. The lowest BCUT2D eigenvalue weighted by Gasteiger charge is -2.27. The molecule has 0 saturated heterocycles. The Morgan fingerprint density at radius 2 is 1.94 bits per heavy atom. The number of carbonyl (C=O) groups is 1. The summed E-state index contributed by atoms with van der Waals surface area (Å²) in [6, 6.07) is 20.3. The van der Waals surface area contributed by atoms with Crippen LogP contribution in [0.3, 0.4) is 0 Å². The summed E-state index contributed by atoms with van der Waals surface area (Å²) in [5.74, 6) is 1.51. The Hall–Kier alpha value is -4.71. The average Bonchev–Trinajstić information content (AvgIpc) is 3.63. The van der Waals surface area contributed by atoms with E-state index >= 15 is 0 Å². The van der Waals surface area contributed by atoms with E-state index in [9.17, 15) is 4.79 Å². The predicted molar refractivity (Wildman–Crippen MR) is 195 cm³/mol. The molecule has 256 valence electrons. The highest BCUT2D eigenvalue weighted by molar-refractivity contribution is 7.15. The smallest absolute Gasteiger partial charge is 0.305 e. The highest BCUT2D eigenvalue weighted by Gasteiger charge is 2.32. The molecule has 5 heterocycles. The van der Waals surface area contributed by atoms with Gasteiger partial charge in [0.2, 0.25) is 0 Å². The van der Waals surface area contributed by atoms with Crippen LogP contribution in [0.25, 0.3) is 5.00 Å². The minimum absolute atomic E-state index is 0.182. The number of halogens is 1. The molecule has 0 bridgehead atoms. The fourth-order valence-corrected chi connectivity index (χ4v) is 8.17. The number of unbranched alkanes of at least 4 members (excludes halogenated alkanes) is 1. The molecule has 0 aliphatic carbocycles. The number of benzene rings is 2. The number of carbonyl (C=O) groups excluding carboxylic acids is 1. The summed E-state index contributed by atoms with van der Waals surface area (Å²) in [6.45, 7) is 7.57. The van der Waals surface area contributed by atoms with Gasteiger partial charge in [-0.05, 0) is 68.5 Å². The largest absolute Gasteiger partial charge is 0.466 e. The Labute approximate surface area is 300 Å². The van der Waals surface area contributed by atoms with Gasteiger partial charge < -0.3 is 9.57 Å². The van der Waals surface area contributed by atoms with Gasteiger partial charge in [0.1, 0.15) is 29.7 Å². The number of hydrogen-bond acceptors (Lipinski definition) is 10. The first kappa shape index (κ1) is 33.8. The quantitative estimate of drug-likeness (QED) is 0.0590. The van der Waals surface area contributed by atoms with Crippen LogP contribution in [0.15, 0.2) is 83.2 Å². The maximum absolute atomic E-state index is 11.7. The molecule has 2 aromatic carbocycles. The highest BCUT2D eigenvalue weighted by atomic mass is 35.5. The second-order valence-electron chi connectivity index (χ2n) is 12.3. The lowest BCUT2D eigenvalue weighted by atomic mass is 9.95. The van der Waals surface area contributed by atoms with Gasteiger partial charge >= 0.3 is 5.97 Å². The lowest BCUT2D eigenvalue weighted by molar-refractivity contribution is -0.143. The molecule has 0 atom stereocenters.